The summed E-state index contributed by atoms with van der Waals surface area (Å²) in [6.45, 7) is 0. The Morgan fingerprint density at radius 2 is 2.25 bits per heavy atom. The number of aliphatic imine (C=N–C) groups is 1. The summed E-state index contributed by atoms with van der Waals surface area (Å²) in [5, 5.41) is 0. The van der Waals surface area contributed by atoms with E-state index >= 15 is 0 Å². The van der Waals surface area contributed by atoms with Crippen molar-refractivity contribution in [3.63, 3.8) is 0 Å². The maximum absolute atomic E-state index is 4.66. The van der Waals surface area contributed by atoms with Crippen molar-refractivity contribution in [1.82, 2.24) is 0 Å². The minimum Gasteiger partial charge on any atom is -1.00 e. The molecule has 1 rings (SSSR count). The van der Waals surface area contributed by atoms with Gasteiger partial charge in [0.25, 0.3) is 0 Å². The van der Waals surface area contributed by atoms with Crippen LogP contribution >= 0.6 is 0 Å². The van der Waals surface area contributed by atoms with E-state index in [0.29, 0.717) is 0 Å². The summed E-state index contributed by atoms with van der Waals surface area (Å²) >= 11 is 0. The third kappa shape index (κ3) is 2.68. The van der Waals surface area contributed by atoms with Gasteiger partial charge in [0.15, 0.2) is 6.40 Å². The Morgan fingerprint density at radius 3 is 3.12 bits per heavy atom. The number of allylic oxidation sites excluding steroid dienone is 2. The van der Waals surface area contributed by atoms with Gasteiger partial charge in [0.05, 0.1) is 6.26 Å². The van der Waals surface area contributed by atoms with Crippen LogP contribution in [-0.2, 0) is 4.74 Å². The fourth-order valence-corrected chi connectivity index (χ4v) is 0.296. The molecule has 0 aliphatic carbocycles. The third-order valence-corrected chi connectivity index (χ3v) is 0.562. The number of hydrogen-bond acceptors (Lipinski definition) is 2. The first-order valence-corrected chi connectivity index (χ1v) is 1.99. The molecule has 0 aromatic rings. The first-order valence-electron chi connectivity index (χ1n) is 1.99. The van der Waals surface area contributed by atoms with Gasteiger partial charge in [-0.2, -0.15) is 0 Å². The summed E-state index contributed by atoms with van der Waals surface area (Å²) in [7, 11) is 0. The minimum atomic E-state index is 0. The fourth-order valence-electron chi connectivity index (χ4n) is 0.296. The molecule has 0 saturated heterocycles. The van der Waals surface area contributed by atoms with Crippen LogP contribution in [0.3, 0.4) is 0 Å². The molecule has 0 spiro atoms. The normalized spacial score (nSPS) is 14.0. The second-order valence-electron chi connectivity index (χ2n) is 1.06. The van der Waals surface area contributed by atoms with E-state index in [2.05, 4.69) is 9.73 Å². The van der Waals surface area contributed by atoms with Crippen molar-refractivity contribution in [3.8, 4) is 0 Å². The van der Waals surface area contributed by atoms with E-state index in [4.69, 9.17) is 0 Å². The molecule has 0 aromatic heterocycles. The molecule has 0 aromatic carbocycles. The Bertz CT molecular complexity index is 119. The average Bonchev–Trinajstić information content (AvgIpc) is 1.90. The summed E-state index contributed by atoms with van der Waals surface area (Å²) in [6.07, 6.45) is 8.16. The minimum absolute atomic E-state index is 0. The van der Waals surface area contributed by atoms with Crippen molar-refractivity contribution >= 4 is 6.40 Å². The molecule has 1 aliphatic rings. The van der Waals surface area contributed by atoms with E-state index < -0.39 is 0 Å². The summed E-state index contributed by atoms with van der Waals surface area (Å²) in [6, 6.07) is 0. The molecule has 0 radical (unpaired) electrons. The van der Waals surface area contributed by atoms with Gasteiger partial charge >= 0.3 is 18.9 Å². The van der Waals surface area contributed by atoms with Crippen LogP contribution in [0.4, 0.5) is 0 Å². The van der Waals surface area contributed by atoms with E-state index in [9.17, 15) is 0 Å². The molecule has 38 valence electrons. The quantitative estimate of drug-likeness (QED) is 0.331. The predicted molar refractivity (Wildman–Crippen MR) is 29.0 cm³/mol. The number of rotatable bonds is 0. The molecule has 0 atom stereocenters. The van der Waals surface area contributed by atoms with Crippen LogP contribution in [-0.4, -0.2) is 6.40 Å². The van der Waals surface area contributed by atoms with Crippen molar-refractivity contribution in [1.29, 1.82) is 0 Å². The van der Waals surface area contributed by atoms with Gasteiger partial charge in [-0.1, -0.05) is 0 Å². The Balaban J connectivity index is 0. The maximum atomic E-state index is 4.66. The second-order valence-corrected chi connectivity index (χ2v) is 1.06. The Labute approximate surface area is 61.6 Å². The van der Waals surface area contributed by atoms with Crippen LogP contribution in [0.1, 0.15) is 1.43 Å². The SMILES string of the molecule is C1=CN=COC=C1.[H-].[Li+]. The zero-order valence-corrected chi connectivity index (χ0v) is 4.74. The number of hydrogen-bond donors (Lipinski definition) is 0. The van der Waals surface area contributed by atoms with Gasteiger partial charge in [-0.25, -0.2) is 4.99 Å². The monoisotopic (exact) mass is 103 g/mol. The molecular formula is C5H6LiNO. The van der Waals surface area contributed by atoms with Crippen LogP contribution in [0.25, 0.3) is 0 Å². The Morgan fingerprint density at radius 1 is 1.38 bits per heavy atom. The number of nitrogens with zero attached hydrogens (tertiary/aromatic N) is 1. The molecule has 0 N–H and O–H groups in total. The van der Waals surface area contributed by atoms with Crippen molar-refractivity contribution in [2.45, 2.75) is 0 Å². The van der Waals surface area contributed by atoms with Gasteiger partial charge in [-0.05, 0) is 12.2 Å². The smallest absolute Gasteiger partial charge is 1.00 e. The average molecular weight is 103 g/mol. The van der Waals surface area contributed by atoms with Crippen molar-refractivity contribution in [3.05, 3.63) is 24.6 Å². The maximum Gasteiger partial charge on any atom is 1.00 e. The first-order chi connectivity index (χ1) is 3.50. The Hall–Kier alpha value is -0.453. The van der Waals surface area contributed by atoms with E-state index in [1.807, 2.05) is 0 Å². The summed E-state index contributed by atoms with van der Waals surface area (Å²) in [5.74, 6) is 0. The van der Waals surface area contributed by atoms with Gasteiger partial charge in [-0.3, -0.25) is 0 Å². The van der Waals surface area contributed by atoms with Crippen molar-refractivity contribution < 1.29 is 25.0 Å². The first kappa shape index (κ1) is 7.55. The van der Waals surface area contributed by atoms with Gasteiger partial charge in [0.1, 0.15) is 0 Å². The zero-order chi connectivity index (χ0) is 4.95. The van der Waals surface area contributed by atoms with E-state index in [-0.39, 0.29) is 20.3 Å². The molecule has 2 nitrogen and oxygen atoms in total. The largest absolute Gasteiger partial charge is 1.00 e. The van der Waals surface area contributed by atoms with E-state index in [0.717, 1.165) is 0 Å². The molecular weight excluding hydrogens is 97.0 g/mol. The molecule has 1 heterocycles. The van der Waals surface area contributed by atoms with E-state index in [1.54, 1.807) is 24.6 Å². The molecule has 0 amide bonds. The molecule has 0 unspecified atom stereocenters. The molecule has 0 bridgehead atoms. The van der Waals surface area contributed by atoms with Crippen molar-refractivity contribution in [2.75, 3.05) is 0 Å². The molecule has 0 fully saturated rings. The van der Waals surface area contributed by atoms with Crippen LogP contribution in [0.5, 0.6) is 0 Å². The predicted octanol–water partition coefficient (Wildman–Crippen LogP) is -1.81. The summed E-state index contributed by atoms with van der Waals surface area (Å²) in [5.41, 5.74) is 0. The van der Waals surface area contributed by atoms with Crippen LogP contribution in [0.2, 0.25) is 0 Å². The Kier molecular flexibility index (Phi) is 4.43. The molecule has 8 heavy (non-hydrogen) atoms. The summed E-state index contributed by atoms with van der Waals surface area (Å²) in [4.78, 5) is 3.68. The van der Waals surface area contributed by atoms with Crippen LogP contribution in [0, 0.1) is 0 Å². The number of ether oxygens (including phenoxy) is 1. The van der Waals surface area contributed by atoms with Gasteiger partial charge < -0.3 is 6.16 Å². The van der Waals surface area contributed by atoms with E-state index in [1.165, 1.54) is 6.40 Å². The standard InChI is InChI=1S/C5H5NO.Li.H/c1-2-4-7-5-6-3-1;;/h1-5H;;/q;+1;-1. The van der Waals surface area contributed by atoms with Gasteiger partial charge in [0, 0.05) is 6.20 Å². The summed E-state index contributed by atoms with van der Waals surface area (Å²) < 4.78 is 4.66. The third-order valence-electron chi connectivity index (χ3n) is 0.562. The second kappa shape index (κ2) is 4.70. The molecule has 0 saturated carbocycles. The van der Waals surface area contributed by atoms with Gasteiger partial charge in [0.2, 0.25) is 0 Å². The van der Waals surface area contributed by atoms with Crippen LogP contribution < -0.4 is 18.9 Å². The van der Waals surface area contributed by atoms with Crippen LogP contribution in [0.15, 0.2) is 29.6 Å². The molecule has 1 aliphatic heterocycles. The van der Waals surface area contributed by atoms with Crippen molar-refractivity contribution in [2.24, 2.45) is 4.99 Å². The molecule has 3 heteroatoms. The fraction of sp³-hybridized carbons (Fsp3) is 0. The van der Waals surface area contributed by atoms with Gasteiger partial charge in [-0.15, -0.1) is 0 Å². The zero-order valence-electron chi connectivity index (χ0n) is 5.74. The topological polar surface area (TPSA) is 21.6 Å².